The molecule has 3 N–H and O–H groups in total. The topological polar surface area (TPSA) is 58.4 Å². The smallest absolute Gasteiger partial charge is 0.221 e. The molecular weight excluding hydrogens is 202 g/mol. The minimum absolute atomic E-state index is 0.106. The zero-order valence-corrected chi connectivity index (χ0v) is 11.2. The Balaban J connectivity index is 3.58. The van der Waals surface area contributed by atoms with E-state index in [1.807, 2.05) is 0 Å². The zero-order chi connectivity index (χ0) is 12.6. The predicted molar refractivity (Wildman–Crippen MR) is 68.3 cm³/mol. The summed E-state index contributed by atoms with van der Waals surface area (Å²) in [6, 6.07) is 0. The van der Waals surface area contributed by atoms with Crippen molar-refractivity contribution in [1.82, 2.24) is 10.2 Å². The number of hydrogen-bond donors (Lipinski definition) is 2. The molecule has 1 amide bonds. The molecule has 0 aromatic carbocycles. The van der Waals surface area contributed by atoms with Crippen LogP contribution in [0.1, 0.15) is 33.1 Å². The molecule has 0 bridgehead atoms. The molecule has 0 heterocycles. The third-order valence-electron chi connectivity index (χ3n) is 2.95. The van der Waals surface area contributed by atoms with E-state index in [0.717, 1.165) is 32.5 Å². The van der Waals surface area contributed by atoms with Gasteiger partial charge in [-0.1, -0.05) is 13.8 Å². The molecule has 0 saturated carbocycles. The first-order valence-electron chi connectivity index (χ1n) is 6.00. The average Bonchev–Trinajstić information content (AvgIpc) is 2.25. The fourth-order valence-corrected chi connectivity index (χ4v) is 1.46. The summed E-state index contributed by atoms with van der Waals surface area (Å²) < 4.78 is 0. The third-order valence-corrected chi connectivity index (χ3v) is 2.95. The van der Waals surface area contributed by atoms with E-state index in [0.29, 0.717) is 6.42 Å². The van der Waals surface area contributed by atoms with Crippen LogP contribution in [0.4, 0.5) is 0 Å². The first-order valence-corrected chi connectivity index (χ1v) is 6.00. The van der Waals surface area contributed by atoms with E-state index in [4.69, 9.17) is 5.73 Å². The molecule has 4 heteroatoms. The summed E-state index contributed by atoms with van der Waals surface area (Å²) in [6.45, 7) is 6.97. The average molecular weight is 229 g/mol. The lowest BCUT2D eigenvalue weighted by atomic mass is 9.88. The molecule has 0 aliphatic rings. The first-order chi connectivity index (χ1) is 7.41. The van der Waals surface area contributed by atoms with Crippen LogP contribution in [-0.2, 0) is 4.79 Å². The summed E-state index contributed by atoms with van der Waals surface area (Å²) >= 11 is 0. The first kappa shape index (κ1) is 15.4. The molecule has 0 aliphatic heterocycles. The van der Waals surface area contributed by atoms with E-state index in [9.17, 15) is 4.79 Å². The number of nitrogens with one attached hydrogen (secondary N) is 1. The van der Waals surface area contributed by atoms with Gasteiger partial charge >= 0.3 is 0 Å². The van der Waals surface area contributed by atoms with E-state index in [2.05, 4.69) is 31.1 Å². The standard InChI is InChI=1S/C12H27N3O/c1-12(2,10-13)7-5-8-15(4)9-6-11(16)14-3/h5-10,13H2,1-4H3,(H,14,16). The number of rotatable bonds is 8. The predicted octanol–water partition coefficient (Wildman–Crippen LogP) is 0.819. The normalized spacial score (nSPS) is 11.9. The second kappa shape index (κ2) is 7.63. The second-order valence-corrected chi connectivity index (χ2v) is 5.20. The largest absolute Gasteiger partial charge is 0.359 e. The highest BCUT2D eigenvalue weighted by Gasteiger charge is 2.15. The zero-order valence-electron chi connectivity index (χ0n) is 11.2. The summed E-state index contributed by atoms with van der Waals surface area (Å²) in [5, 5.41) is 2.63. The van der Waals surface area contributed by atoms with Crippen LogP contribution in [-0.4, -0.2) is 44.5 Å². The van der Waals surface area contributed by atoms with Gasteiger partial charge in [0.25, 0.3) is 0 Å². The molecule has 16 heavy (non-hydrogen) atoms. The number of nitrogens with zero attached hydrogens (tertiary/aromatic N) is 1. The van der Waals surface area contributed by atoms with Crippen molar-refractivity contribution >= 4 is 5.91 Å². The Labute approximate surface area is 99.6 Å². The summed E-state index contributed by atoms with van der Waals surface area (Å²) in [4.78, 5) is 13.2. The fourth-order valence-electron chi connectivity index (χ4n) is 1.46. The number of carbonyl (C=O) groups excluding carboxylic acids is 1. The summed E-state index contributed by atoms with van der Waals surface area (Å²) in [7, 11) is 3.73. The second-order valence-electron chi connectivity index (χ2n) is 5.20. The lowest BCUT2D eigenvalue weighted by molar-refractivity contribution is -0.120. The van der Waals surface area contributed by atoms with Gasteiger partial charge in [-0.2, -0.15) is 0 Å². The molecule has 0 aromatic rings. The summed E-state index contributed by atoms with van der Waals surface area (Å²) in [6.07, 6.45) is 2.84. The van der Waals surface area contributed by atoms with E-state index >= 15 is 0 Å². The van der Waals surface area contributed by atoms with Crippen molar-refractivity contribution in [2.75, 3.05) is 33.7 Å². The maximum atomic E-state index is 11.0. The highest BCUT2D eigenvalue weighted by atomic mass is 16.1. The molecule has 0 radical (unpaired) electrons. The van der Waals surface area contributed by atoms with Crippen LogP contribution in [0.3, 0.4) is 0 Å². The Kier molecular flexibility index (Phi) is 7.34. The Hall–Kier alpha value is -0.610. The number of hydrogen-bond acceptors (Lipinski definition) is 3. The van der Waals surface area contributed by atoms with Crippen LogP contribution in [0.5, 0.6) is 0 Å². The molecule has 0 fully saturated rings. The Bertz CT molecular complexity index is 204. The van der Waals surface area contributed by atoms with Crippen LogP contribution < -0.4 is 11.1 Å². The van der Waals surface area contributed by atoms with Gasteiger partial charge in [-0.3, -0.25) is 4.79 Å². The van der Waals surface area contributed by atoms with Crippen LogP contribution >= 0.6 is 0 Å². The van der Waals surface area contributed by atoms with Gasteiger partial charge in [-0.15, -0.1) is 0 Å². The lowest BCUT2D eigenvalue weighted by Gasteiger charge is -2.24. The molecule has 0 aromatic heterocycles. The molecule has 96 valence electrons. The Morgan fingerprint density at radius 1 is 1.38 bits per heavy atom. The van der Waals surface area contributed by atoms with Gasteiger partial charge < -0.3 is 16.0 Å². The minimum Gasteiger partial charge on any atom is -0.359 e. The number of nitrogens with two attached hydrogens (primary N) is 1. The van der Waals surface area contributed by atoms with Crippen molar-refractivity contribution in [3.63, 3.8) is 0 Å². The van der Waals surface area contributed by atoms with Gasteiger partial charge in [0.15, 0.2) is 0 Å². The van der Waals surface area contributed by atoms with Gasteiger partial charge in [0.1, 0.15) is 0 Å². The lowest BCUT2D eigenvalue weighted by Crippen LogP contribution is -2.29. The van der Waals surface area contributed by atoms with Crippen LogP contribution in [0.15, 0.2) is 0 Å². The molecule has 0 rings (SSSR count). The number of carbonyl (C=O) groups is 1. The maximum absolute atomic E-state index is 11.0. The maximum Gasteiger partial charge on any atom is 0.221 e. The summed E-state index contributed by atoms with van der Waals surface area (Å²) in [5.74, 6) is 0.106. The SMILES string of the molecule is CNC(=O)CCN(C)CCCC(C)(C)CN. The molecule has 4 nitrogen and oxygen atoms in total. The van der Waals surface area contributed by atoms with E-state index < -0.39 is 0 Å². The Morgan fingerprint density at radius 2 is 2.00 bits per heavy atom. The molecule has 0 spiro atoms. The van der Waals surface area contributed by atoms with Crippen LogP contribution in [0.25, 0.3) is 0 Å². The van der Waals surface area contributed by atoms with E-state index in [1.54, 1.807) is 7.05 Å². The highest BCUT2D eigenvalue weighted by Crippen LogP contribution is 2.20. The monoisotopic (exact) mass is 229 g/mol. The van der Waals surface area contributed by atoms with Gasteiger partial charge in [0, 0.05) is 20.0 Å². The Morgan fingerprint density at radius 3 is 2.50 bits per heavy atom. The van der Waals surface area contributed by atoms with Crippen LogP contribution in [0.2, 0.25) is 0 Å². The van der Waals surface area contributed by atoms with Crippen LogP contribution in [0, 0.1) is 5.41 Å². The highest BCUT2D eigenvalue weighted by molar-refractivity contribution is 5.75. The van der Waals surface area contributed by atoms with Crippen molar-refractivity contribution in [3.8, 4) is 0 Å². The molecule has 0 unspecified atom stereocenters. The van der Waals surface area contributed by atoms with Crippen molar-refractivity contribution in [2.24, 2.45) is 11.1 Å². The third kappa shape index (κ3) is 7.65. The van der Waals surface area contributed by atoms with Gasteiger partial charge in [0.2, 0.25) is 5.91 Å². The van der Waals surface area contributed by atoms with Crippen molar-refractivity contribution in [1.29, 1.82) is 0 Å². The number of amides is 1. The molecule has 0 aliphatic carbocycles. The quantitative estimate of drug-likeness (QED) is 0.648. The van der Waals surface area contributed by atoms with Crippen molar-refractivity contribution < 1.29 is 4.79 Å². The summed E-state index contributed by atoms with van der Waals surface area (Å²) in [5.41, 5.74) is 5.91. The van der Waals surface area contributed by atoms with Gasteiger partial charge in [0.05, 0.1) is 0 Å². The van der Waals surface area contributed by atoms with Crippen molar-refractivity contribution in [2.45, 2.75) is 33.1 Å². The molecular formula is C12H27N3O. The fraction of sp³-hybridized carbons (Fsp3) is 0.917. The molecule has 0 saturated heterocycles. The van der Waals surface area contributed by atoms with Gasteiger partial charge in [-0.25, -0.2) is 0 Å². The molecule has 0 atom stereocenters. The van der Waals surface area contributed by atoms with Crippen molar-refractivity contribution in [3.05, 3.63) is 0 Å². The minimum atomic E-state index is 0.106. The van der Waals surface area contributed by atoms with Gasteiger partial charge in [-0.05, 0) is 38.4 Å². The van der Waals surface area contributed by atoms with E-state index in [1.165, 1.54) is 0 Å². The van der Waals surface area contributed by atoms with E-state index in [-0.39, 0.29) is 11.3 Å².